The van der Waals surface area contributed by atoms with Gasteiger partial charge >= 0.3 is 0 Å². The molecule has 0 fully saturated rings. The summed E-state index contributed by atoms with van der Waals surface area (Å²) in [6, 6.07) is 32.9. The number of nitrogens with zero attached hydrogens (tertiary/aromatic N) is 3. The topological polar surface area (TPSA) is 71.9 Å². The summed E-state index contributed by atoms with van der Waals surface area (Å²) >= 11 is 0. The maximum Gasteiger partial charge on any atom is 0.115 e. The SMILES string of the molecule is CC1(C)CCc2cc(N(c3ccncc3)c3ccc(O)cc3)c3ccc4ccc(N(C5=CCNC=C5)c5ccc(O)cc5)c5cc1c2c3c45. The Morgan fingerprint density at radius 2 is 1.35 bits per heavy atom. The van der Waals surface area contributed by atoms with Crippen LogP contribution in [0.5, 0.6) is 11.5 Å². The van der Waals surface area contributed by atoms with Crippen LogP contribution >= 0.6 is 0 Å². The van der Waals surface area contributed by atoms with Gasteiger partial charge in [0.15, 0.2) is 0 Å². The minimum absolute atomic E-state index is 0.0204. The number of nitrogens with one attached hydrogen (secondary N) is 1. The molecule has 6 heteroatoms. The largest absolute Gasteiger partial charge is 0.508 e. The lowest BCUT2D eigenvalue weighted by atomic mass is 9.70. The Balaban J connectivity index is 1.40. The first-order chi connectivity index (χ1) is 23.9. The highest BCUT2D eigenvalue weighted by Crippen LogP contribution is 2.53. The number of hydrogen-bond acceptors (Lipinski definition) is 6. The average Bonchev–Trinajstić information content (AvgIpc) is 3.13. The summed E-state index contributed by atoms with van der Waals surface area (Å²) in [7, 11) is 0. The smallest absolute Gasteiger partial charge is 0.115 e. The second-order valence-electron chi connectivity index (χ2n) is 13.7. The molecule has 6 nitrogen and oxygen atoms in total. The first-order valence-electron chi connectivity index (χ1n) is 16.8. The van der Waals surface area contributed by atoms with Crippen LogP contribution in [0.15, 0.2) is 134 Å². The molecule has 240 valence electrons. The van der Waals surface area contributed by atoms with E-state index in [1.54, 1.807) is 24.3 Å². The van der Waals surface area contributed by atoms with Gasteiger partial charge in [-0.2, -0.15) is 0 Å². The van der Waals surface area contributed by atoms with E-state index >= 15 is 0 Å². The van der Waals surface area contributed by atoms with Gasteiger partial charge in [0.25, 0.3) is 0 Å². The number of phenolic OH excluding ortho intramolecular Hbond substituents is 2. The van der Waals surface area contributed by atoms with Crippen molar-refractivity contribution in [2.45, 2.75) is 32.1 Å². The Hall–Kier alpha value is -6.01. The summed E-state index contributed by atoms with van der Waals surface area (Å²) in [6.45, 7) is 5.49. The molecule has 0 unspecified atom stereocenters. The van der Waals surface area contributed by atoms with Gasteiger partial charge in [-0.05, 0) is 143 Å². The third-order valence-electron chi connectivity index (χ3n) is 10.3. The number of anilines is 5. The summed E-state index contributed by atoms with van der Waals surface area (Å²) in [6.07, 6.45) is 12.0. The minimum atomic E-state index is -0.0204. The second kappa shape index (κ2) is 11.0. The van der Waals surface area contributed by atoms with Gasteiger partial charge in [0.05, 0.1) is 11.4 Å². The van der Waals surface area contributed by atoms with Gasteiger partial charge in [-0.1, -0.05) is 32.0 Å². The second-order valence-corrected chi connectivity index (χ2v) is 13.7. The fraction of sp³-hybridized carbons (Fsp3) is 0.140. The molecule has 0 radical (unpaired) electrons. The van der Waals surface area contributed by atoms with Crippen molar-refractivity contribution in [2.75, 3.05) is 16.3 Å². The van der Waals surface area contributed by atoms with Crippen molar-refractivity contribution in [1.29, 1.82) is 0 Å². The number of hydrogen-bond donors (Lipinski definition) is 3. The first kappa shape index (κ1) is 29.2. The lowest BCUT2D eigenvalue weighted by Crippen LogP contribution is -2.24. The zero-order valence-corrected chi connectivity index (χ0v) is 27.5. The zero-order chi connectivity index (χ0) is 33.3. The molecule has 1 aromatic heterocycles. The van der Waals surface area contributed by atoms with Crippen LogP contribution in [0, 0.1) is 0 Å². The molecule has 0 saturated carbocycles. The summed E-state index contributed by atoms with van der Waals surface area (Å²) in [4.78, 5) is 8.93. The maximum absolute atomic E-state index is 10.2. The highest BCUT2D eigenvalue weighted by Gasteiger charge is 2.33. The predicted molar refractivity (Wildman–Crippen MR) is 201 cm³/mol. The fourth-order valence-corrected chi connectivity index (χ4v) is 7.91. The van der Waals surface area contributed by atoms with E-state index in [1.165, 1.54) is 43.4 Å². The molecule has 2 heterocycles. The van der Waals surface area contributed by atoms with Gasteiger partial charge in [0.1, 0.15) is 11.5 Å². The number of aryl methyl sites for hydroxylation is 1. The molecular formula is C43H36N4O2. The Morgan fingerprint density at radius 1 is 0.673 bits per heavy atom. The molecule has 0 amide bonds. The van der Waals surface area contributed by atoms with Gasteiger partial charge in [-0.15, -0.1) is 0 Å². The summed E-state index contributed by atoms with van der Waals surface area (Å²) in [5.74, 6) is 0.479. The molecule has 0 bridgehead atoms. The molecule has 0 atom stereocenters. The van der Waals surface area contributed by atoms with E-state index in [0.717, 1.165) is 53.5 Å². The number of phenols is 2. The van der Waals surface area contributed by atoms with Gasteiger partial charge in [-0.3, -0.25) is 4.98 Å². The van der Waals surface area contributed by atoms with E-state index in [0.29, 0.717) is 0 Å². The molecule has 1 aliphatic carbocycles. The van der Waals surface area contributed by atoms with Crippen LogP contribution in [0.25, 0.3) is 32.3 Å². The third kappa shape index (κ3) is 4.66. The summed E-state index contributed by atoms with van der Waals surface area (Å²) in [5, 5.41) is 31.2. The molecule has 7 aromatic rings. The van der Waals surface area contributed by atoms with Crippen molar-refractivity contribution in [3.8, 4) is 11.5 Å². The molecular weight excluding hydrogens is 604 g/mol. The van der Waals surface area contributed by atoms with E-state index in [-0.39, 0.29) is 16.9 Å². The van der Waals surface area contributed by atoms with Crippen molar-refractivity contribution in [1.82, 2.24) is 10.3 Å². The highest BCUT2D eigenvalue weighted by molar-refractivity contribution is 6.29. The van der Waals surface area contributed by atoms with Crippen LogP contribution in [0.4, 0.5) is 28.4 Å². The van der Waals surface area contributed by atoms with Crippen LogP contribution in [0.1, 0.15) is 31.4 Å². The van der Waals surface area contributed by atoms with Crippen LogP contribution in [0.2, 0.25) is 0 Å². The molecule has 0 spiro atoms. The predicted octanol–water partition coefficient (Wildman–Crippen LogP) is 10.2. The first-order valence-corrected chi connectivity index (χ1v) is 16.8. The Kier molecular flexibility index (Phi) is 6.56. The normalized spacial score (nSPS) is 15.0. The Bertz CT molecular complexity index is 2430. The highest BCUT2D eigenvalue weighted by atomic mass is 16.3. The number of rotatable bonds is 6. The summed E-state index contributed by atoms with van der Waals surface area (Å²) in [5.41, 5.74) is 8.93. The number of dihydropyridines is 1. The third-order valence-corrected chi connectivity index (χ3v) is 10.3. The molecule has 9 rings (SSSR count). The monoisotopic (exact) mass is 640 g/mol. The van der Waals surface area contributed by atoms with E-state index in [1.807, 2.05) is 55.0 Å². The summed E-state index contributed by atoms with van der Waals surface area (Å²) < 4.78 is 0. The van der Waals surface area contributed by atoms with Crippen LogP contribution in [0.3, 0.4) is 0 Å². The van der Waals surface area contributed by atoms with E-state index in [9.17, 15) is 10.2 Å². The molecule has 0 saturated heterocycles. The van der Waals surface area contributed by atoms with E-state index in [2.05, 4.69) is 82.5 Å². The maximum atomic E-state index is 10.2. The zero-order valence-electron chi connectivity index (χ0n) is 27.5. The lowest BCUT2D eigenvalue weighted by molar-refractivity contribution is 0.475. The molecule has 2 aliphatic rings. The number of pyridine rings is 1. The van der Waals surface area contributed by atoms with Gasteiger partial charge < -0.3 is 25.3 Å². The fourth-order valence-electron chi connectivity index (χ4n) is 7.91. The standard InChI is InChI=1S/C43H36N4O2/c1-43(2)20-15-28-25-39(47(32-18-23-45-24-19-32)30-7-11-34(49)12-8-30)35-13-3-27-4-14-38(36-26-37(43)41(28)42(35)40(27)36)46(31-16-21-44-22-17-31)29-5-9-33(48)10-6-29/h3-14,16-19,21,23-26,44,48-49H,15,20,22H2,1-2H3. The van der Waals surface area contributed by atoms with Crippen molar-refractivity contribution in [2.24, 2.45) is 0 Å². The van der Waals surface area contributed by atoms with E-state index < -0.39 is 0 Å². The van der Waals surface area contributed by atoms with Crippen molar-refractivity contribution >= 4 is 60.8 Å². The minimum Gasteiger partial charge on any atom is -0.508 e. The number of benzene rings is 6. The lowest BCUT2D eigenvalue weighted by Gasteiger charge is -2.37. The molecule has 1 aliphatic heterocycles. The van der Waals surface area contributed by atoms with Crippen molar-refractivity contribution < 1.29 is 10.2 Å². The molecule has 6 aromatic carbocycles. The number of aromatic nitrogens is 1. The van der Waals surface area contributed by atoms with Crippen molar-refractivity contribution in [3.05, 3.63) is 145 Å². The van der Waals surface area contributed by atoms with Gasteiger partial charge in [0.2, 0.25) is 0 Å². The number of allylic oxidation sites excluding steroid dienone is 1. The van der Waals surface area contributed by atoms with Crippen LogP contribution in [-0.2, 0) is 11.8 Å². The van der Waals surface area contributed by atoms with Crippen LogP contribution < -0.4 is 15.1 Å². The van der Waals surface area contributed by atoms with Gasteiger partial charge in [-0.25, -0.2) is 0 Å². The quantitative estimate of drug-likeness (QED) is 0.157. The van der Waals surface area contributed by atoms with Crippen LogP contribution in [-0.4, -0.2) is 21.7 Å². The Morgan fingerprint density at radius 3 is 2.04 bits per heavy atom. The van der Waals surface area contributed by atoms with E-state index in [4.69, 9.17) is 0 Å². The molecule has 3 N–H and O–H groups in total. The number of aromatic hydroxyl groups is 2. The average molecular weight is 641 g/mol. The van der Waals surface area contributed by atoms with Gasteiger partial charge in [0, 0.05) is 57.9 Å². The molecule has 49 heavy (non-hydrogen) atoms. The Labute approximate surface area is 285 Å². The van der Waals surface area contributed by atoms with Crippen molar-refractivity contribution in [3.63, 3.8) is 0 Å².